The lowest BCUT2D eigenvalue weighted by Gasteiger charge is -2.21. The lowest BCUT2D eigenvalue weighted by molar-refractivity contribution is 0.0623. The maximum Gasteiger partial charge on any atom is 0.229 e. The molecule has 4 aromatic rings. The molecule has 5 rings (SSSR count). The molecule has 9 heteroatoms. The first-order valence-electron chi connectivity index (χ1n) is 10.5. The summed E-state index contributed by atoms with van der Waals surface area (Å²) >= 11 is 0. The second kappa shape index (κ2) is 8.81. The minimum absolute atomic E-state index is 0.258. The smallest absolute Gasteiger partial charge is 0.229 e. The van der Waals surface area contributed by atoms with E-state index < -0.39 is 0 Å². The lowest BCUT2D eigenvalue weighted by Crippen LogP contribution is -2.17. The van der Waals surface area contributed by atoms with Gasteiger partial charge in [-0.2, -0.15) is 15.2 Å². The molecule has 4 heterocycles. The summed E-state index contributed by atoms with van der Waals surface area (Å²) in [5, 5.41) is 12.8. The van der Waals surface area contributed by atoms with Crippen molar-refractivity contribution in [3.8, 4) is 0 Å². The van der Waals surface area contributed by atoms with E-state index in [4.69, 9.17) is 4.74 Å². The van der Waals surface area contributed by atoms with Crippen LogP contribution in [0.4, 0.5) is 16.0 Å². The Balaban J connectivity index is 1.27. The van der Waals surface area contributed by atoms with Crippen LogP contribution in [-0.2, 0) is 17.8 Å². The van der Waals surface area contributed by atoms with Crippen molar-refractivity contribution in [2.45, 2.75) is 32.4 Å². The molecule has 0 amide bonds. The Kier molecular flexibility index (Phi) is 5.57. The van der Waals surface area contributed by atoms with E-state index in [1.54, 1.807) is 35.4 Å². The Morgan fingerprint density at radius 1 is 1.10 bits per heavy atom. The monoisotopic (exact) mass is 421 g/mol. The average Bonchev–Trinajstić information content (AvgIpc) is 3.41. The van der Waals surface area contributed by atoms with Crippen molar-refractivity contribution in [2.75, 3.05) is 18.5 Å². The average molecular weight is 421 g/mol. The fourth-order valence-corrected chi connectivity index (χ4v) is 3.86. The zero-order valence-electron chi connectivity index (χ0n) is 17.1. The van der Waals surface area contributed by atoms with Crippen LogP contribution in [-0.4, -0.2) is 42.7 Å². The molecule has 0 radical (unpaired) electrons. The number of rotatable bonds is 7. The Bertz CT molecular complexity index is 1170. The lowest BCUT2D eigenvalue weighted by atomic mass is 9.97. The van der Waals surface area contributed by atoms with Crippen LogP contribution < -0.4 is 5.32 Å². The molecule has 0 saturated carbocycles. The van der Waals surface area contributed by atoms with Gasteiger partial charge in [-0.3, -0.25) is 4.68 Å². The summed E-state index contributed by atoms with van der Waals surface area (Å²) in [4.78, 5) is 8.96. The molecule has 0 bridgehead atoms. The Morgan fingerprint density at radius 2 is 1.97 bits per heavy atom. The van der Waals surface area contributed by atoms with E-state index in [1.807, 2.05) is 16.9 Å². The van der Waals surface area contributed by atoms with Crippen LogP contribution in [0.3, 0.4) is 0 Å². The third kappa shape index (κ3) is 4.56. The SMILES string of the molecule is Fc1ccccc1Cn1ncc2cnc(Nc3cnn(CCC4CCOCC4)c3)nc21. The minimum Gasteiger partial charge on any atom is -0.381 e. The van der Waals surface area contributed by atoms with E-state index in [9.17, 15) is 4.39 Å². The van der Waals surface area contributed by atoms with Gasteiger partial charge in [0.1, 0.15) is 5.82 Å². The first kappa shape index (κ1) is 19.6. The van der Waals surface area contributed by atoms with Crippen molar-refractivity contribution >= 4 is 22.7 Å². The molecule has 0 aliphatic carbocycles. The van der Waals surface area contributed by atoms with Gasteiger partial charge in [-0.15, -0.1) is 0 Å². The third-order valence-electron chi connectivity index (χ3n) is 5.65. The maximum absolute atomic E-state index is 14.0. The van der Waals surface area contributed by atoms with E-state index >= 15 is 0 Å². The number of benzene rings is 1. The zero-order valence-corrected chi connectivity index (χ0v) is 17.1. The number of halogens is 1. The van der Waals surface area contributed by atoms with E-state index in [0.29, 0.717) is 29.6 Å². The van der Waals surface area contributed by atoms with Gasteiger partial charge in [-0.05, 0) is 31.2 Å². The fourth-order valence-electron chi connectivity index (χ4n) is 3.86. The topological polar surface area (TPSA) is 82.7 Å². The molecule has 1 aliphatic rings. The molecule has 0 unspecified atom stereocenters. The number of ether oxygens (including phenoxy) is 1. The van der Waals surface area contributed by atoms with E-state index in [1.165, 1.54) is 6.07 Å². The Labute approximate surface area is 179 Å². The molecule has 1 N–H and O–H groups in total. The molecular weight excluding hydrogens is 397 g/mol. The summed E-state index contributed by atoms with van der Waals surface area (Å²) in [6.45, 7) is 2.91. The van der Waals surface area contributed by atoms with E-state index in [-0.39, 0.29) is 5.82 Å². The van der Waals surface area contributed by atoms with Crippen molar-refractivity contribution < 1.29 is 9.13 Å². The summed E-state index contributed by atoms with van der Waals surface area (Å²) in [6.07, 6.45) is 10.5. The van der Waals surface area contributed by atoms with Crippen molar-refractivity contribution in [2.24, 2.45) is 5.92 Å². The highest BCUT2D eigenvalue weighted by molar-refractivity contribution is 5.75. The second-order valence-electron chi connectivity index (χ2n) is 7.83. The van der Waals surface area contributed by atoms with Gasteiger partial charge < -0.3 is 10.1 Å². The number of hydrogen-bond donors (Lipinski definition) is 1. The van der Waals surface area contributed by atoms with Gasteiger partial charge in [0.2, 0.25) is 5.95 Å². The first-order valence-corrected chi connectivity index (χ1v) is 10.5. The standard InChI is InChI=1S/C22H24FN7O/c23-20-4-2-1-3-17(20)14-30-21-18(12-26-30)11-24-22(28-21)27-19-13-25-29(15-19)8-5-16-6-9-31-10-7-16/h1-4,11-13,15-16H,5-10,14H2,(H,24,27,28). The number of nitrogens with zero attached hydrogens (tertiary/aromatic N) is 6. The Hall–Kier alpha value is -3.33. The van der Waals surface area contributed by atoms with Crippen molar-refractivity contribution in [1.82, 2.24) is 29.5 Å². The van der Waals surface area contributed by atoms with Gasteiger partial charge in [0, 0.05) is 37.7 Å². The molecule has 3 aromatic heterocycles. The predicted molar refractivity (Wildman–Crippen MR) is 114 cm³/mol. The van der Waals surface area contributed by atoms with Crippen LogP contribution in [0.25, 0.3) is 11.0 Å². The van der Waals surface area contributed by atoms with Gasteiger partial charge in [0.25, 0.3) is 0 Å². The van der Waals surface area contributed by atoms with Crippen LogP contribution >= 0.6 is 0 Å². The van der Waals surface area contributed by atoms with Crippen molar-refractivity contribution in [3.63, 3.8) is 0 Å². The molecule has 31 heavy (non-hydrogen) atoms. The maximum atomic E-state index is 14.0. The molecule has 160 valence electrons. The van der Waals surface area contributed by atoms with Crippen molar-refractivity contribution in [1.29, 1.82) is 0 Å². The van der Waals surface area contributed by atoms with Gasteiger partial charge in [0.05, 0.1) is 30.0 Å². The molecule has 8 nitrogen and oxygen atoms in total. The third-order valence-corrected chi connectivity index (χ3v) is 5.65. The van der Waals surface area contributed by atoms with Gasteiger partial charge in [-0.1, -0.05) is 18.2 Å². The number of aryl methyl sites for hydroxylation is 1. The molecule has 1 saturated heterocycles. The molecule has 1 fully saturated rings. The normalized spacial score (nSPS) is 14.9. The van der Waals surface area contributed by atoms with Gasteiger partial charge >= 0.3 is 0 Å². The Morgan fingerprint density at radius 3 is 2.84 bits per heavy atom. The summed E-state index contributed by atoms with van der Waals surface area (Å²) in [5.74, 6) is 0.897. The van der Waals surface area contributed by atoms with Crippen LogP contribution in [0, 0.1) is 11.7 Å². The van der Waals surface area contributed by atoms with Gasteiger partial charge in [-0.25, -0.2) is 14.1 Å². The summed E-state index contributed by atoms with van der Waals surface area (Å²) in [6, 6.07) is 6.68. The van der Waals surface area contributed by atoms with E-state index in [0.717, 1.165) is 50.1 Å². The number of anilines is 2. The number of hydrogen-bond acceptors (Lipinski definition) is 6. The largest absolute Gasteiger partial charge is 0.381 e. The number of aromatic nitrogens is 6. The zero-order chi connectivity index (χ0) is 21.0. The first-order chi connectivity index (χ1) is 15.2. The van der Waals surface area contributed by atoms with Crippen LogP contribution in [0.5, 0.6) is 0 Å². The fraction of sp³-hybridized carbons (Fsp3) is 0.364. The minimum atomic E-state index is -0.258. The quantitative estimate of drug-likeness (QED) is 0.489. The number of fused-ring (bicyclic) bond motifs is 1. The van der Waals surface area contributed by atoms with Crippen molar-refractivity contribution in [3.05, 3.63) is 60.4 Å². The molecule has 0 atom stereocenters. The summed E-state index contributed by atoms with van der Waals surface area (Å²) in [5.41, 5.74) is 2.03. The predicted octanol–water partition coefficient (Wildman–Crippen LogP) is 3.77. The highest BCUT2D eigenvalue weighted by Gasteiger charge is 2.14. The molecular formula is C22H24FN7O. The second-order valence-corrected chi connectivity index (χ2v) is 7.83. The summed E-state index contributed by atoms with van der Waals surface area (Å²) < 4.78 is 23.1. The van der Waals surface area contributed by atoms with Crippen LogP contribution in [0.1, 0.15) is 24.8 Å². The number of nitrogens with one attached hydrogen (secondary N) is 1. The molecule has 1 aromatic carbocycles. The summed E-state index contributed by atoms with van der Waals surface area (Å²) in [7, 11) is 0. The van der Waals surface area contributed by atoms with Crippen LogP contribution in [0.2, 0.25) is 0 Å². The van der Waals surface area contributed by atoms with E-state index in [2.05, 4.69) is 25.5 Å². The highest BCUT2D eigenvalue weighted by atomic mass is 19.1. The van der Waals surface area contributed by atoms with Crippen LogP contribution in [0.15, 0.2) is 49.1 Å². The molecule has 1 aliphatic heterocycles. The molecule has 0 spiro atoms. The van der Waals surface area contributed by atoms with Gasteiger partial charge in [0.15, 0.2) is 5.65 Å². The highest BCUT2D eigenvalue weighted by Crippen LogP contribution is 2.21.